The molecule has 2 aromatic carbocycles. The van der Waals surface area contributed by atoms with Gasteiger partial charge in [-0.1, -0.05) is 6.07 Å². The van der Waals surface area contributed by atoms with Crippen molar-refractivity contribution in [2.45, 2.75) is 26.8 Å². The maximum absolute atomic E-state index is 13.3. The Morgan fingerprint density at radius 1 is 1.06 bits per heavy atom. The lowest BCUT2D eigenvalue weighted by Crippen LogP contribution is -2.30. The molecule has 2 N–H and O–H groups in total. The first-order chi connectivity index (χ1) is 15.0. The zero-order chi connectivity index (χ0) is 21.8. The summed E-state index contributed by atoms with van der Waals surface area (Å²) in [5.41, 5.74) is 5.45. The van der Waals surface area contributed by atoms with E-state index in [2.05, 4.69) is 20.6 Å². The van der Waals surface area contributed by atoms with Crippen molar-refractivity contribution in [3.05, 3.63) is 77.7 Å². The van der Waals surface area contributed by atoms with Gasteiger partial charge in [0, 0.05) is 30.5 Å². The van der Waals surface area contributed by atoms with E-state index in [0.717, 1.165) is 33.8 Å². The molecule has 0 radical (unpaired) electrons. The standard InChI is InChI=1S/C24H24FN5O/c1-16-6-11-20(15-17(16)2)28-24(31)27-13-4-14-30-22(18-7-9-19(25)10-8-18)29-21-5-3-12-26-23(21)30/h3,5-12,15H,4,13-14H2,1-2H3,(H2,27,28,31). The number of aryl methyl sites for hydroxylation is 3. The molecule has 0 fully saturated rings. The zero-order valence-corrected chi connectivity index (χ0v) is 17.5. The Labute approximate surface area is 180 Å². The first kappa shape index (κ1) is 20.5. The number of nitrogens with zero attached hydrogens (tertiary/aromatic N) is 3. The third kappa shape index (κ3) is 4.71. The van der Waals surface area contributed by atoms with Gasteiger partial charge in [-0.25, -0.2) is 19.2 Å². The first-order valence-electron chi connectivity index (χ1n) is 10.2. The predicted molar refractivity (Wildman–Crippen MR) is 120 cm³/mol. The van der Waals surface area contributed by atoms with E-state index in [0.29, 0.717) is 19.5 Å². The van der Waals surface area contributed by atoms with Crippen LogP contribution < -0.4 is 10.6 Å². The highest BCUT2D eigenvalue weighted by Crippen LogP contribution is 2.24. The fourth-order valence-corrected chi connectivity index (χ4v) is 3.42. The molecule has 0 spiro atoms. The van der Waals surface area contributed by atoms with Crippen LogP contribution in [0.2, 0.25) is 0 Å². The van der Waals surface area contributed by atoms with Gasteiger partial charge in [-0.05, 0) is 79.9 Å². The highest BCUT2D eigenvalue weighted by Gasteiger charge is 2.13. The van der Waals surface area contributed by atoms with Gasteiger partial charge in [0.15, 0.2) is 5.65 Å². The Hall–Kier alpha value is -3.74. The van der Waals surface area contributed by atoms with Gasteiger partial charge in [-0.3, -0.25) is 0 Å². The number of anilines is 1. The summed E-state index contributed by atoms with van der Waals surface area (Å²) in [6.07, 6.45) is 2.42. The molecule has 0 unspecified atom stereocenters. The van der Waals surface area contributed by atoms with E-state index < -0.39 is 0 Å². The van der Waals surface area contributed by atoms with Crippen LogP contribution in [0, 0.1) is 19.7 Å². The van der Waals surface area contributed by atoms with Crippen LogP contribution in [0.15, 0.2) is 60.8 Å². The van der Waals surface area contributed by atoms with E-state index in [1.807, 2.05) is 48.7 Å². The smallest absolute Gasteiger partial charge is 0.319 e. The number of carbonyl (C=O) groups excluding carboxylic acids is 1. The molecule has 0 saturated heterocycles. The number of hydrogen-bond acceptors (Lipinski definition) is 3. The van der Waals surface area contributed by atoms with Gasteiger partial charge in [0.2, 0.25) is 0 Å². The number of fused-ring (bicyclic) bond motifs is 1. The lowest BCUT2D eigenvalue weighted by atomic mass is 10.1. The summed E-state index contributed by atoms with van der Waals surface area (Å²) < 4.78 is 15.3. The van der Waals surface area contributed by atoms with Crippen molar-refractivity contribution in [2.75, 3.05) is 11.9 Å². The highest BCUT2D eigenvalue weighted by atomic mass is 19.1. The van der Waals surface area contributed by atoms with Crippen LogP contribution >= 0.6 is 0 Å². The number of imidazole rings is 1. The number of aromatic nitrogens is 3. The van der Waals surface area contributed by atoms with E-state index >= 15 is 0 Å². The van der Waals surface area contributed by atoms with Crippen molar-refractivity contribution >= 4 is 22.9 Å². The molecule has 2 aromatic heterocycles. The van der Waals surface area contributed by atoms with Crippen molar-refractivity contribution < 1.29 is 9.18 Å². The van der Waals surface area contributed by atoms with Gasteiger partial charge in [-0.2, -0.15) is 0 Å². The average molecular weight is 417 g/mol. The minimum atomic E-state index is -0.288. The van der Waals surface area contributed by atoms with Crippen molar-refractivity contribution in [3.8, 4) is 11.4 Å². The van der Waals surface area contributed by atoms with Gasteiger partial charge >= 0.3 is 6.03 Å². The summed E-state index contributed by atoms with van der Waals surface area (Å²) in [7, 11) is 0. The fourth-order valence-electron chi connectivity index (χ4n) is 3.42. The lowest BCUT2D eigenvalue weighted by molar-refractivity contribution is 0.252. The van der Waals surface area contributed by atoms with Crippen LogP contribution in [0.3, 0.4) is 0 Å². The van der Waals surface area contributed by atoms with E-state index in [-0.39, 0.29) is 11.8 Å². The summed E-state index contributed by atoms with van der Waals surface area (Å²) in [6.45, 7) is 5.16. The Balaban J connectivity index is 1.41. The Morgan fingerprint density at radius 2 is 1.87 bits per heavy atom. The molecule has 4 aromatic rings. The second kappa shape index (κ2) is 8.95. The van der Waals surface area contributed by atoms with Crippen molar-refractivity contribution in [1.82, 2.24) is 19.9 Å². The molecule has 4 rings (SSSR count). The predicted octanol–water partition coefficient (Wildman–Crippen LogP) is 5.07. The van der Waals surface area contributed by atoms with Crippen LogP contribution in [0.5, 0.6) is 0 Å². The number of amides is 2. The maximum Gasteiger partial charge on any atom is 0.319 e. The Morgan fingerprint density at radius 3 is 2.65 bits per heavy atom. The number of halogens is 1. The van der Waals surface area contributed by atoms with Crippen molar-refractivity contribution in [3.63, 3.8) is 0 Å². The molecule has 2 heterocycles. The van der Waals surface area contributed by atoms with Crippen LogP contribution in [0.25, 0.3) is 22.6 Å². The number of hydrogen-bond donors (Lipinski definition) is 2. The van der Waals surface area contributed by atoms with E-state index in [1.165, 1.54) is 17.7 Å². The molecule has 0 aliphatic rings. The first-order valence-corrected chi connectivity index (χ1v) is 10.2. The van der Waals surface area contributed by atoms with Crippen LogP contribution in [0.1, 0.15) is 17.5 Å². The fraction of sp³-hybridized carbons (Fsp3) is 0.208. The highest BCUT2D eigenvalue weighted by molar-refractivity contribution is 5.89. The van der Waals surface area contributed by atoms with Gasteiger partial charge < -0.3 is 15.2 Å². The van der Waals surface area contributed by atoms with Crippen LogP contribution in [0.4, 0.5) is 14.9 Å². The van der Waals surface area contributed by atoms with Crippen LogP contribution in [-0.4, -0.2) is 27.1 Å². The molecule has 6 nitrogen and oxygen atoms in total. The average Bonchev–Trinajstić information content (AvgIpc) is 3.13. The van der Waals surface area contributed by atoms with Crippen LogP contribution in [-0.2, 0) is 6.54 Å². The number of rotatable bonds is 6. The summed E-state index contributed by atoms with van der Waals surface area (Å²) in [5, 5.41) is 5.75. The van der Waals surface area contributed by atoms with Gasteiger partial charge in [-0.15, -0.1) is 0 Å². The molecule has 0 atom stereocenters. The molecule has 0 aliphatic heterocycles. The summed E-state index contributed by atoms with van der Waals surface area (Å²) in [6, 6.07) is 15.6. The SMILES string of the molecule is Cc1ccc(NC(=O)NCCCn2c(-c3ccc(F)cc3)nc3cccnc32)cc1C. The third-order valence-corrected chi connectivity index (χ3v) is 5.22. The third-order valence-electron chi connectivity index (χ3n) is 5.22. The monoisotopic (exact) mass is 417 g/mol. The maximum atomic E-state index is 13.3. The molecular formula is C24H24FN5O. The molecule has 0 aliphatic carbocycles. The van der Waals surface area contributed by atoms with Crippen molar-refractivity contribution in [2.24, 2.45) is 0 Å². The molecule has 0 saturated carbocycles. The summed E-state index contributed by atoms with van der Waals surface area (Å²) in [4.78, 5) is 21.3. The minimum absolute atomic E-state index is 0.240. The normalized spacial score (nSPS) is 10.9. The Bertz CT molecular complexity index is 1220. The van der Waals surface area contributed by atoms with E-state index in [4.69, 9.17) is 0 Å². The molecule has 0 bridgehead atoms. The number of urea groups is 1. The zero-order valence-electron chi connectivity index (χ0n) is 17.5. The lowest BCUT2D eigenvalue weighted by Gasteiger charge is -2.11. The Kier molecular flexibility index (Phi) is 5.93. The topological polar surface area (TPSA) is 71.8 Å². The van der Waals surface area contributed by atoms with Crippen molar-refractivity contribution in [1.29, 1.82) is 0 Å². The second-order valence-electron chi connectivity index (χ2n) is 7.47. The molecule has 2 amide bonds. The molecule has 158 valence electrons. The number of benzene rings is 2. The number of nitrogens with one attached hydrogen (secondary N) is 2. The second-order valence-corrected chi connectivity index (χ2v) is 7.47. The quantitative estimate of drug-likeness (QED) is 0.431. The summed E-state index contributed by atoms with van der Waals surface area (Å²) in [5.74, 6) is 0.441. The van der Waals surface area contributed by atoms with E-state index in [9.17, 15) is 9.18 Å². The number of pyridine rings is 1. The molecular weight excluding hydrogens is 393 g/mol. The molecule has 7 heteroatoms. The molecule has 31 heavy (non-hydrogen) atoms. The van der Waals surface area contributed by atoms with Gasteiger partial charge in [0.25, 0.3) is 0 Å². The largest absolute Gasteiger partial charge is 0.338 e. The summed E-state index contributed by atoms with van der Waals surface area (Å²) >= 11 is 0. The van der Waals surface area contributed by atoms with E-state index in [1.54, 1.807) is 18.3 Å². The van der Waals surface area contributed by atoms with Gasteiger partial charge in [0.05, 0.1) is 0 Å². The minimum Gasteiger partial charge on any atom is -0.338 e. The number of carbonyl (C=O) groups is 1. The van der Waals surface area contributed by atoms with Gasteiger partial charge in [0.1, 0.15) is 17.2 Å².